The van der Waals surface area contributed by atoms with Crippen LogP contribution in [0, 0.1) is 6.92 Å². The number of para-hydroxylation sites is 1. The Hall–Kier alpha value is -3.90. The summed E-state index contributed by atoms with van der Waals surface area (Å²) in [5, 5.41) is 3.07. The third-order valence-corrected chi connectivity index (χ3v) is 8.59. The summed E-state index contributed by atoms with van der Waals surface area (Å²) in [6, 6.07) is 31.0. The topological polar surface area (TPSA) is 66.5 Å². The van der Waals surface area contributed by atoms with Crippen LogP contribution in [-0.2, 0) is 22.0 Å². The maximum atomic E-state index is 14.0. The fourth-order valence-corrected chi connectivity index (χ4v) is 5.87. The van der Waals surface area contributed by atoms with Crippen molar-refractivity contribution in [3.63, 3.8) is 0 Å². The molecule has 4 aromatic carbocycles. The van der Waals surface area contributed by atoms with Crippen molar-refractivity contribution in [2.45, 2.75) is 57.5 Å². The molecular formula is C33H36N2O3S. The van der Waals surface area contributed by atoms with E-state index in [0.717, 1.165) is 16.7 Å². The molecule has 39 heavy (non-hydrogen) atoms. The monoisotopic (exact) mass is 540 g/mol. The van der Waals surface area contributed by atoms with Gasteiger partial charge in [-0.15, -0.1) is 0 Å². The van der Waals surface area contributed by atoms with Crippen LogP contribution < -0.4 is 9.62 Å². The van der Waals surface area contributed by atoms with Crippen LogP contribution in [0.3, 0.4) is 0 Å². The molecule has 0 fully saturated rings. The minimum absolute atomic E-state index is 0.0368. The van der Waals surface area contributed by atoms with Gasteiger partial charge < -0.3 is 5.32 Å². The molecule has 4 aromatic rings. The number of carbonyl (C=O) groups is 1. The molecule has 0 aliphatic carbocycles. The van der Waals surface area contributed by atoms with Crippen molar-refractivity contribution in [1.29, 1.82) is 0 Å². The van der Waals surface area contributed by atoms with Gasteiger partial charge in [0, 0.05) is 0 Å². The lowest BCUT2D eigenvalue weighted by Crippen LogP contribution is -2.34. The van der Waals surface area contributed by atoms with Crippen molar-refractivity contribution in [2.75, 3.05) is 4.31 Å². The summed E-state index contributed by atoms with van der Waals surface area (Å²) in [6.45, 7) is 10.4. The Bertz CT molecular complexity index is 1520. The number of nitrogens with zero attached hydrogens (tertiary/aromatic N) is 1. The van der Waals surface area contributed by atoms with Gasteiger partial charge in [-0.1, -0.05) is 105 Å². The molecule has 0 saturated heterocycles. The lowest BCUT2D eigenvalue weighted by atomic mass is 9.86. The second kappa shape index (κ2) is 11.5. The predicted molar refractivity (Wildman–Crippen MR) is 158 cm³/mol. The number of hydrogen-bond acceptors (Lipinski definition) is 3. The Balaban J connectivity index is 1.69. The largest absolute Gasteiger partial charge is 0.345 e. The average Bonchev–Trinajstić information content (AvgIpc) is 2.92. The van der Waals surface area contributed by atoms with E-state index in [1.165, 1.54) is 9.87 Å². The molecule has 5 nitrogen and oxygen atoms in total. The number of amides is 1. The molecule has 6 heteroatoms. The van der Waals surface area contributed by atoms with Crippen LogP contribution in [0.25, 0.3) is 0 Å². The number of hydrogen-bond donors (Lipinski definition) is 1. The third kappa shape index (κ3) is 6.58. The van der Waals surface area contributed by atoms with Gasteiger partial charge in [0.05, 0.1) is 28.7 Å². The van der Waals surface area contributed by atoms with Crippen molar-refractivity contribution in [2.24, 2.45) is 0 Å². The minimum Gasteiger partial charge on any atom is -0.345 e. The fraction of sp³-hybridized carbons (Fsp3) is 0.242. The number of rotatable bonds is 8. The maximum absolute atomic E-state index is 14.0. The van der Waals surface area contributed by atoms with Crippen molar-refractivity contribution < 1.29 is 13.2 Å². The van der Waals surface area contributed by atoms with Gasteiger partial charge >= 0.3 is 0 Å². The van der Waals surface area contributed by atoms with Crippen LogP contribution in [0.2, 0.25) is 0 Å². The Morgan fingerprint density at radius 1 is 0.821 bits per heavy atom. The molecular weight excluding hydrogens is 504 g/mol. The molecule has 0 aliphatic heterocycles. The van der Waals surface area contributed by atoms with Crippen LogP contribution in [0.15, 0.2) is 108 Å². The van der Waals surface area contributed by atoms with Crippen LogP contribution in [0.5, 0.6) is 0 Å². The number of carbonyl (C=O) groups excluding carboxylic acids is 1. The molecule has 0 bridgehead atoms. The number of nitrogens with one attached hydrogen (secondary N) is 1. The average molecular weight is 541 g/mol. The van der Waals surface area contributed by atoms with Gasteiger partial charge in [-0.2, -0.15) is 0 Å². The smallest absolute Gasteiger partial charge is 0.264 e. The molecule has 1 atom stereocenters. The maximum Gasteiger partial charge on any atom is 0.264 e. The lowest BCUT2D eigenvalue weighted by Gasteiger charge is -2.27. The van der Waals surface area contributed by atoms with E-state index in [1.54, 1.807) is 48.5 Å². The van der Waals surface area contributed by atoms with Gasteiger partial charge in [0.15, 0.2) is 0 Å². The second-order valence-corrected chi connectivity index (χ2v) is 12.8. The van der Waals surface area contributed by atoms with Gasteiger partial charge in [-0.05, 0) is 60.2 Å². The van der Waals surface area contributed by atoms with Gasteiger partial charge in [0.2, 0.25) is 0 Å². The van der Waals surface area contributed by atoms with Crippen molar-refractivity contribution >= 4 is 21.6 Å². The molecule has 0 aromatic heterocycles. The number of aryl methyl sites for hydroxylation is 1. The van der Waals surface area contributed by atoms with E-state index in [0.29, 0.717) is 11.3 Å². The molecule has 4 rings (SSSR count). The van der Waals surface area contributed by atoms with Crippen LogP contribution in [0.1, 0.15) is 66.3 Å². The highest BCUT2D eigenvalue weighted by Gasteiger charge is 2.29. The summed E-state index contributed by atoms with van der Waals surface area (Å²) < 4.78 is 29.3. The summed E-state index contributed by atoms with van der Waals surface area (Å²) in [5.74, 6) is -0.338. The summed E-state index contributed by atoms with van der Waals surface area (Å²) in [4.78, 5) is 13.8. The minimum atomic E-state index is -3.97. The summed E-state index contributed by atoms with van der Waals surface area (Å²) >= 11 is 0. The zero-order chi connectivity index (χ0) is 28.2. The van der Waals surface area contributed by atoms with Gasteiger partial charge in [0.1, 0.15) is 0 Å². The highest BCUT2D eigenvalue weighted by Crippen LogP contribution is 2.30. The first kappa shape index (κ1) is 28.1. The molecule has 0 saturated carbocycles. The molecule has 1 unspecified atom stereocenters. The zero-order valence-corrected chi connectivity index (χ0v) is 24.0. The Morgan fingerprint density at radius 2 is 1.41 bits per heavy atom. The number of anilines is 1. The van der Waals surface area contributed by atoms with Crippen molar-refractivity contribution in [3.8, 4) is 0 Å². The molecule has 1 N–H and O–H groups in total. The van der Waals surface area contributed by atoms with E-state index in [4.69, 9.17) is 0 Å². The molecule has 0 aliphatic rings. The first-order valence-corrected chi connectivity index (χ1v) is 14.5. The van der Waals surface area contributed by atoms with Crippen LogP contribution >= 0.6 is 0 Å². The lowest BCUT2D eigenvalue weighted by molar-refractivity contribution is 0.0940. The second-order valence-electron chi connectivity index (χ2n) is 10.9. The predicted octanol–water partition coefficient (Wildman–Crippen LogP) is 7.18. The van der Waals surface area contributed by atoms with E-state index in [9.17, 15) is 13.2 Å². The standard InChI is InChI=1S/C33H36N2O3S/c1-24-15-21-29(22-16-24)39(37,38)35(23-26-11-7-6-8-12-26)31-14-10-9-13-30(31)32(36)34-25(2)27-17-19-28(20-18-27)33(3,4)5/h6-22,25H,23H2,1-5H3,(H,34,36). The fourth-order valence-electron chi connectivity index (χ4n) is 4.40. The number of sulfonamides is 1. The summed E-state index contributed by atoms with van der Waals surface area (Å²) in [7, 11) is -3.97. The summed E-state index contributed by atoms with van der Waals surface area (Å²) in [6.07, 6.45) is 0. The third-order valence-electron chi connectivity index (χ3n) is 6.82. The molecule has 0 heterocycles. The van der Waals surface area contributed by atoms with Crippen molar-refractivity contribution in [3.05, 3.63) is 131 Å². The Kier molecular flexibility index (Phi) is 8.26. The van der Waals surface area contributed by atoms with E-state index in [2.05, 4.69) is 38.2 Å². The number of benzene rings is 4. The zero-order valence-electron chi connectivity index (χ0n) is 23.2. The first-order chi connectivity index (χ1) is 18.5. The van der Waals surface area contributed by atoms with E-state index in [-0.39, 0.29) is 28.8 Å². The SMILES string of the molecule is Cc1ccc(S(=O)(=O)N(Cc2ccccc2)c2ccccc2C(=O)NC(C)c2ccc(C(C)(C)C)cc2)cc1. The molecule has 0 spiro atoms. The van der Waals surface area contributed by atoms with Gasteiger partial charge in [-0.3, -0.25) is 9.10 Å². The Labute approximate surface area is 232 Å². The van der Waals surface area contributed by atoms with E-state index < -0.39 is 10.0 Å². The van der Waals surface area contributed by atoms with Crippen LogP contribution in [0.4, 0.5) is 5.69 Å². The van der Waals surface area contributed by atoms with E-state index >= 15 is 0 Å². The van der Waals surface area contributed by atoms with Crippen LogP contribution in [-0.4, -0.2) is 14.3 Å². The van der Waals surface area contributed by atoms with Gasteiger partial charge in [-0.25, -0.2) is 8.42 Å². The highest BCUT2D eigenvalue weighted by atomic mass is 32.2. The normalized spacial score (nSPS) is 12.5. The summed E-state index contributed by atoms with van der Waals surface area (Å²) in [5.41, 5.74) is 4.63. The Morgan fingerprint density at radius 3 is 2.03 bits per heavy atom. The highest BCUT2D eigenvalue weighted by molar-refractivity contribution is 7.92. The molecule has 202 valence electrons. The van der Waals surface area contributed by atoms with E-state index in [1.807, 2.05) is 56.3 Å². The molecule has 0 radical (unpaired) electrons. The van der Waals surface area contributed by atoms with Crippen molar-refractivity contribution in [1.82, 2.24) is 5.32 Å². The molecule has 1 amide bonds. The van der Waals surface area contributed by atoms with Gasteiger partial charge in [0.25, 0.3) is 15.9 Å². The quantitative estimate of drug-likeness (QED) is 0.257. The first-order valence-electron chi connectivity index (χ1n) is 13.1.